The van der Waals surface area contributed by atoms with Crippen LogP contribution in [0.15, 0.2) is 69.8 Å². The van der Waals surface area contributed by atoms with Crippen molar-refractivity contribution >= 4 is 56.7 Å². The monoisotopic (exact) mass is 552 g/mol. The van der Waals surface area contributed by atoms with E-state index in [1.54, 1.807) is 30.3 Å². The van der Waals surface area contributed by atoms with Crippen LogP contribution in [0.3, 0.4) is 0 Å². The van der Waals surface area contributed by atoms with Crippen LogP contribution < -0.4 is 15.0 Å². The summed E-state index contributed by atoms with van der Waals surface area (Å²) < 4.78 is 6.51. The van der Waals surface area contributed by atoms with Gasteiger partial charge in [0.25, 0.3) is 11.8 Å². The van der Waals surface area contributed by atoms with Gasteiger partial charge in [0, 0.05) is 10.2 Å². The fraction of sp³-hybridized carbons (Fsp3) is 0.148. The number of imide groups is 1. The lowest BCUT2D eigenvalue weighted by Gasteiger charge is -2.18. The number of carbonyl (C=O) groups is 3. The van der Waals surface area contributed by atoms with E-state index in [-0.39, 0.29) is 10.7 Å². The number of carbonyl (C=O) groups excluding carboxylic acids is 3. The van der Waals surface area contributed by atoms with Gasteiger partial charge in [-0.15, -0.1) is 0 Å². The largest absolute Gasteiger partial charge is 0.422 e. The molecule has 0 radical (unpaired) electrons. The minimum absolute atomic E-state index is 0.0203. The smallest absolute Gasteiger partial charge is 0.343 e. The lowest BCUT2D eigenvalue weighted by molar-refractivity contribution is -0.120. The molecular formula is C27H22BrClN2O4. The third kappa shape index (κ3) is 4.88. The van der Waals surface area contributed by atoms with Gasteiger partial charge in [0.1, 0.15) is 16.5 Å². The van der Waals surface area contributed by atoms with Gasteiger partial charge in [0.05, 0.1) is 11.3 Å². The molecule has 35 heavy (non-hydrogen) atoms. The number of nitrogens with zero attached hydrogens (tertiary/aromatic N) is 1. The second kappa shape index (κ2) is 9.68. The number of amides is 2. The molecule has 0 unspecified atom stereocenters. The Morgan fingerprint density at radius 2 is 1.51 bits per heavy atom. The number of esters is 1. The Kier molecular flexibility index (Phi) is 6.83. The predicted octanol–water partition coefficient (Wildman–Crippen LogP) is 6.34. The first-order valence-electron chi connectivity index (χ1n) is 10.8. The van der Waals surface area contributed by atoms with E-state index in [0.29, 0.717) is 22.7 Å². The summed E-state index contributed by atoms with van der Waals surface area (Å²) in [4.78, 5) is 39.6. The summed E-state index contributed by atoms with van der Waals surface area (Å²) in [6.45, 7) is 7.50. The number of anilines is 2. The van der Waals surface area contributed by atoms with E-state index in [4.69, 9.17) is 16.3 Å². The van der Waals surface area contributed by atoms with Crippen LogP contribution in [0.1, 0.15) is 32.6 Å². The molecule has 2 amide bonds. The zero-order valence-corrected chi connectivity index (χ0v) is 21.9. The second-order valence-electron chi connectivity index (χ2n) is 8.39. The van der Waals surface area contributed by atoms with Gasteiger partial charge in [-0.25, -0.2) is 9.69 Å². The molecule has 0 bridgehead atoms. The third-order valence-corrected chi connectivity index (χ3v) is 6.44. The van der Waals surface area contributed by atoms with E-state index in [1.807, 2.05) is 52.0 Å². The number of hydrogen-bond acceptors (Lipinski definition) is 5. The molecule has 0 saturated heterocycles. The lowest BCUT2D eigenvalue weighted by Crippen LogP contribution is -2.32. The van der Waals surface area contributed by atoms with Crippen molar-refractivity contribution in [1.29, 1.82) is 0 Å². The highest BCUT2D eigenvalue weighted by Crippen LogP contribution is 2.32. The van der Waals surface area contributed by atoms with Crippen molar-refractivity contribution in [2.75, 3.05) is 10.2 Å². The second-order valence-corrected chi connectivity index (χ2v) is 9.68. The average Bonchev–Trinajstić information content (AvgIpc) is 3.00. The van der Waals surface area contributed by atoms with Gasteiger partial charge in [0.2, 0.25) is 0 Å². The maximum absolute atomic E-state index is 13.1. The van der Waals surface area contributed by atoms with Crippen molar-refractivity contribution in [1.82, 2.24) is 0 Å². The van der Waals surface area contributed by atoms with Gasteiger partial charge in [-0.05, 0) is 86.8 Å². The number of ether oxygens (including phenoxy) is 1. The van der Waals surface area contributed by atoms with Crippen molar-refractivity contribution in [2.45, 2.75) is 27.7 Å². The summed E-state index contributed by atoms with van der Waals surface area (Å²) in [6, 6.07) is 15.6. The topological polar surface area (TPSA) is 75.7 Å². The molecule has 0 spiro atoms. The van der Waals surface area contributed by atoms with Crippen LogP contribution in [-0.2, 0) is 9.59 Å². The lowest BCUT2D eigenvalue weighted by atomic mass is 10.1. The van der Waals surface area contributed by atoms with Gasteiger partial charge in [-0.2, -0.15) is 0 Å². The Balaban J connectivity index is 1.51. The van der Waals surface area contributed by atoms with E-state index >= 15 is 0 Å². The van der Waals surface area contributed by atoms with Gasteiger partial charge < -0.3 is 10.1 Å². The van der Waals surface area contributed by atoms with Crippen molar-refractivity contribution < 1.29 is 19.1 Å². The van der Waals surface area contributed by atoms with Crippen molar-refractivity contribution in [2.24, 2.45) is 0 Å². The molecule has 0 atom stereocenters. The van der Waals surface area contributed by atoms with E-state index in [1.165, 1.54) is 0 Å². The fourth-order valence-electron chi connectivity index (χ4n) is 3.93. The highest BCUT2D eigenvalue weighted by atomic mass is 79.9. The molecular weight excluding hydrogens is 532 g/mol. The molecule has 3 aromatic carbocycles. The Labute approximate surface area is 216 Å². The first-order chi connectivity index (χ1) is 16.6. The molecule has 6 nitrogen and oxygen atoms in total. The summed E-state index contributed by atoms with van der Waals surface area (Å²) in [5.41, 5.74) is 4.77. The Bertz CT molecular complexity index is 1390. The summed E-state index contributed by atoms with van der Waals surface area (Å²) in [5, 5.41) is 2.73. The Hall–Kier alpha value is -3.42. The molecule has 1 N–H and O–H groups in total. The first kappa shape index (κ1) is 24.7. The van der Waals surface area contributed by atoms with Crippen LogP contribution in [0.5, 0.6) is 5.75 Å². The van der Waals surface area contributed by atoms with Crippen LogP contribution in [0.25, 0.3) is 0 Å². The number of hydrogen-bond donors (Lipinski definition) is 1. The maximum Gasteiger partial charge on any atom is 0.343 e. The summed E-state index contributed by atoms with van der Waals surface area (Å²) in [5.74, 6) is -1.13. The van der Waals surface area contributed by atoms with Crippen molar-refractivity contribution in [3.63, 3.8) is 0 Å². The van der Waals surface area contributed by atoms with Crippen molar-refractivity contribution in [3.05, 3.63) is 97.6 Å². The normalized spacial score (nSPS) is 13.5. The summed E-state index contributed by atoms with van der Waals surface area (Å²) >= 11 is 9.67. The molecule has 178 valence electrons. The molecule has 0 fully saturated rings. The minimum Gasteiger partial charge on any atom is -0.422 e. The van der Waals surface area contributed by atoms with Crippen LogP contribution in [0.2, 0.25) is 0 Å². The van der Waals surface area contributed by atoms with Crippen molar-refractivity contribution in [3.8, 4) is 5.75 Å². The van der Waals surface area contributed by atoms with E-state index in [9.17, 15) is 14.4 Å². The zero-order valence-electron chi connectivity index (χ0n) is 19.5. The van der Waals surface area contributed by atoms with Crippen LogP contribution in [-0.4, -0.2) is 17.8 Å². The van der Waals surface area contributed by atoms with Gasteiger partial charge in [0.15, 0.2) is 0 Å². The predicted molar refractivity (Wildman–Crippen MR) is 140 cm³/mol. The van der Waals surface area contributed by atoms with E-state index in [2.05, 4.69) is 21.2 Å². The molecule has 0 saturated carbocycles. The highest BCUT2D eigenvalue weighted by Gasteiger charge is 2.39. The van der Waals surface area contributed by atoms with Gasteiger partial charge in [-0.3, -0.25) is 9.59 Å². The van der Waals surface area contributed by atoms with Crippen LogP contribution in [0.4, 0.5) is 11.4 Å². The van der Waals surface area contributed by atoms with Crippen LogP contribution in [0, 0.1) is 27.7 Å². The Morgan fingerprint density at radius 3 is 2.11 bits per heavy atom. The quantitative estimate of drug-likeness (QED) is 0.227. The standard InChI is InChI=1S/C27H22BrClN2O4/c1-14-5-10-21(15(2)11-14)31-25(32)22(29)23(26(31)33)30-20-8-6-18(7-9-20)27(34)35-24-16(3)12-19(28)13-17(24)4/h5-13,30H,1-4H3. The fourth-order valence-corrected chi connectivity index (χ4v) is 4.83. The minimum atomic E-state index is -0.591. The Morgan fingerprint density at radius 1 is 0.886 bits per heavy atom. The molecule has 1 heterocycles. The molecule has 1 aliphatic rings. The molecule has 0 aromatic heterocycles. The number of halogens is 2. The summed E-state index contributed by atoms with van der Waals surface area (Å²) in [7, 11) is 0. The van der Waals surface area contributed by atoms with Crippen LogP contribution >= 0.6 is 27.5 Å². The maximum atomic E-state index is 13.1. The number of aryl methyl sites for hydroxylation is 4. The van der Waals surface area contributed by atoms with Gasteiger partial charge in [-0.1, -0.05) is 45.2 Å². The number of benzene rings is 3. The highest BCUT2D eigenvalue weighted by molar-refractivity contribution is 9.10. The van der Waals surface area contributed by atoms with E-state index in [0.717, 1.165) is 31.6 Å². The van der Waals surface area contributed by atoms with Gasteiger partial charge >= 0.3 is 5.97 Å². The third-order valence-electron chi connectivity index (χ3n) is 5.63. The van der Waals surface area contributed by atoms with E-state index < -0.39 is 17.8 Å². The molecule has 1 aliphatic heterocycles. The first-order valence-corrected chi connectivity index (χ1v) is 12.0. The average molecular weight is 554 g/mol. The number of nitrogens with one attached hydrogen (secondary N) is 1. The molecule has 0 aliphatic carbocycles. The SMILES string of the molecule is Cc1ccc(N2C(=O)C(Cl)=C(Nc3ccc(C(=O)Oc4c(C)cc(Br)cc4C)cc3)C2=O)c(C)c1. The molecule has 8 heteroatoms. The number of rotatable bonds is 5. The zero-order chi connectivity index (χ0) is 25.4. The molecule has 4 rings (SSSR count). The summed E-state index contributed by atoms with van der Waals surface area (Å²) in [6.07, 6.45) is 0. The molecule has 3 aromatic rings.